The third kappa shape index (κ3) is 1.74. The largest absolute Gasteiger partial charge is 0.337 e. The van der Waals surface area contributed by atoms with Crippen LogP contribution in [0.5, 0.6) is 0 Å². The van der Waals surface area contributed by atoms with Crippen molar-refractivity contribution >= 4 is 23.3 Å². The highest BCUT2D eigenvalue weighted by atomic mass is 32.1. The molecule has 0 aliphatic heterocycles. The molecule has 0 radical (unpaired) electrons. The van der Waals surface area contributed by atoms with Crippen LogP contribution in [0.2, 0.25) is 0 Å². The first-order chi connectivity index (χ1) is 8.65. The van der Waals surface area contributed by atoms with E-state index >= 15 is 0 Å². The number of para-hydroxylation sites is 1. The summed E-state index contributed by atoms with van der Waals surface area (Å²) in [5.41, 5.74) is 3.27. The van der Waals surface area contributed by atoms with Crippen LogP contribution in [0.1, 0.15) is 17.3 Å². The summed E-state index contributed by atoms with van der Waals surface area (Å²) in [4.78, 5) is 7.41. The molecule has 0 aliphatic rings. The van der Waals surface area contributed by atoms with E-state index in [2.05, 4.69) is 28.1 Å². The predicted molar refractivity (Wildman–Crippen MR) is 70.0 cm³/mol. The van der Waals surface area contributed by atoms with Crippen molar-refractivity contribution in [2.45, 2.75) is 20.4 Å². The number of hydrogen-bond donors (Lipinski definition) is 1. The molecule has 6 heteroatoms. The molecule has 0 fully saturated rings. The average Bonchev–Trinajstić information content (AvgIpc) is 2.87. The molecule has 3 aromatic rings. The summed E-state index contributed by atoms with van der Waals surface area (Å²) < 4.78 is 7.75. The van der Waals surface area contributed by atoms with Gasteiger partial charge in [0.2, 0.25) is 5.89 Å². The zero-order chi connectivity index (χ0) is 12.7. The first kappa shape index (κ1) is 11.2. The van der Waals surface area contributed by atoms with Gasteiger partial charge in [0, 0.05) is 0 Å². The molecule has 0 bridgehead atoms. The maximum absolute atomic E-state index is 5.34. The van der Waals surface area contributed by atoms with Gasteiger partial charge >= 0.3 is 0 Å². The van der Waals surface area contributed by atoms with Gasteiger partial charge in [-0.3, -0.25) is 0 Å². The van der Waals surface area contributed by atoms with E-state index < -0.39 is 0 Å². The number of nitrogens with zero attached hydrogens (tertiary/aromatic N) is 3. The number of imidazole rings is 1. The van der Waals surface area contributed by atoms with Gasteiger partial charge in [0.25, 0.3) is 0 Å². The summed E-state index contributed by atoms with van der Waals surface area (Å²) in [5.74, 6) is 1.19. The second-order valence-corrected chi connectivity index (χ2v) is 4.61. The third-order valence-corrected chi connectivity index (χ3v) is 3.20. The van der Waals surface area contributed by atoms with Crippen LogP contribution >= 0.6 is 12.2 Å². The van der Waals surface area contributed by atoms with Gasteiger partial charge in [0.15, 0.2) is 10.6 Å². The van der Waals surface area contributed by atoms with E-state index in [1.54, 1.807) is 6.92 Å². The quantitative estimate of drug-likeness (QED) is 0.720. The minimum Gasteiger partial charge on any atom is -0.337 e. The number of aromatic amines is 1. The molecule has 92 valence electrons. The number of aryl methyl sites for hydroxylation is 2. The molecule has 0 amide bonds. The minimum atomic E-state index is 0.489. The number of aromatic nitrogens is 4. The van der Waals surface area contributed by atoms with Gasteiger partial charge in [-0.1, -0.05) is 17.3 Å². The van der Waals surface area contributed by atoms with Crippen molar-refractivity contribution in [1.29, 1.82) is 0 Å². The summed E-state index contributed by atoms with van der Waals surface area (Å²) in [6.07, 6.45) is 0. The maximum atomic E-state index is 5.34. The smallest absolute Gasteiger partial charge is 0.246 e. The van der Waals surface area contributed by atoms with Crippen LogP contribution in [0.4, 0.5) is 0 Å². The molecule has 0 unspecified atom stereocenters. The monoisotopic (exact) mass is 260 g/mol. The van der Waals surface area contributed by atoms with Crippen LogP contribution in [-0.4, -0.2) is 19.7 Å². The topological polar surface area (TPSA) is 59.6 Å². The van der Waals surface area contributed by atoms with Crippen molar-refractivity contribution in [3.63, 3.8) is 0 Å². The summed E-state index contributed by atoms with van der Waals surface area (Å²) >= 11 is 5.34. The fourth-order valence-electron chi connectivity index (χ4n) is 2.02. The number of fused-ring (bicyclic) bond motifs is 1. The fourth-order valence-corrected chi connectivity index (χ4v) is 2.29. The van der Waals surface area contributed by atoms with E-state index in [0.29, 0.717) is 23.0 Å². The van der Waals surface area contributed by atoms with Gasteiger partial charge in [-0.25, -0.2) is 0 Å². The van der Waals surface area contributed by atoms with Crippen LogP contribution in [0.25, 0.3) is 11.0 Å². The Labute approximate surface area is 108 Å². The van der Waals surface area contributed by atoms with Crippen LogP contribution in [0, 0.1) is 18.6 Å². The Bertz CT molecular complexity index is 768. The molecule has 5 nitrogen and oxygen atoms in total. The molecule has 0 saturated carbocycles. The lowest BCUT2D eigenvalue weighted by atomic mass is 10.2. The first-order valence-electron chi connectivity index (χ1n) is 5.62. The number of nitrogens with one attached hydrogen (secondary N) is 1. The van der Waals surface area contributed by atoms with E-state index in [9.17, 15) is 0 Å². The maximum Gasteiger partial charge on any atom is 0.246 e. The molecule has 0 saturated heterocycles. The SMILES string of the molecule is Cc1noc(Cn2c(=S)[nH]c3c(C)cccc32)n1. The van der Waals surface area contributed by atoms with E-state index in [1.165, 1.54) is 5.56 Å². The molecule has 0 atom stereocenters. The van der Waals surface area contributed by atoms with Crippen molar-refractivity contribution < 1.29 is 4.52 Å². The molecular formula is C12H12N4OS. The van der Waals surface area contributed by atoms with Gasteiger partial charge in [0.05, 0.1) is 11.0 Å². The van der Waals surface area contributed by atoms with Gasteiger partial charge in [0.1, 0.15) is 6.54 Å². The lowest BCUT2D eigenvalue weighted by molar-refractivity contribution is 0.368. The van der Waals surface area contributed by atoms with Crippen LogP contribution in [-0.2, 0) is 6.54 Å². The molecule has 3 rings (SSSR count). The molecule has 2 aromatic heterocycles. The van der Waals surface area contributed by atoms with Crippen LogP contribution in [0.3, 0.4) is 0 Å². The number of H-pyrrole nitrogens is 1. The summed E-state index contributed by atoms with van der Waals surface area (Å²) in [6, 6.07) is 6.09. The lowest BCUT2D eigenvalue weighted by Crippen LogP contribution is -2.00. The van der Waals surface area contributed by atoms with E-state index in [1.807, 2.05) is 16.7 Å². The van der Waals surface area contributed by atoms with Gasteiger partial charge in [-0.05, 0) is 37.7 Å². The second-order valence-electron chi connectivity index (χ2n) is 4.22. The molecule has 0 aliphatic carbocycles. The van der Waals surface area contributed by atoms with Gasteiger partial charge in [-0.2, -0.15) is 4.98 Å². The number of rotatable bonds is 2. The Morgan fingerprint density at radius 3 is 2.94 bits per heavy atom. The predicted octanol–water partition coefficient (Wildman–Crippen LogP) is 2.75. The lowest BCUT2D eigenvalue weighted by Gasteiger charge is -2.00. The molecule has 18 heavy (non-hydrogen) atoms. The van der Waals surface area contributed by atoms with Crippen molar-refractivity contribution in [3.05, 3.63) is 40.2 Å². The minimum absolute atomic E-state index is 0.489. The zero-order valence-corrected chi connectivity index (χ0v) is 10.9. The molecular weight excluding hydrogens is 248 g/mol. The first-order valence-corrected chi connectivity index (χ1v) is 6.03. The third-order valence-electron chi connectivity index (χ3n) is 2.88. The highest BCUT2D eigenvalue weighted by molar-refractivity contribution is 7.71. The van der Waals surface area contributed by atoms with Crippen molar-refractivity contribution in [1.82, 2.24) is 19.7 Å². The Morgan fingerprint density at radius 1 is 1.39 bits per heavy atom. The zero-order valence-electron chi connectivity index (χ0n) is 10.1. The van der Waals surface area contributed by atoms with Crippen LogP contribution in [0.15, 0.2) is 22.7 Å². The highest BCUT2D eigenvalue weighted by Crippen LogP contribution is 2.18. The molecule has 1 N–H and O–H groups in total. The van der Waals surface area contributed by atoms with Crippen molar-refractivity contribution in [2.75, 3.05) is 0 Å². The Balaban J connectivity index is 2.14. The van der Waals surface area contributed by atoms with Crippen molar-refractivity contribution in [3.8, 4) is 0 Å². The summed E-state index contributed by atoms with van der Waals surface area (Å²) in [7, 11) is 0. The average molecular weight is 260 g/mol. The van der Waals surface area contributed by atoms with Gasteiger partial charge < -0.3 is 14.1 Å². The fraction of sp³-hybridized carbons (Fsp3) is 0.250. The number of benzene rings is 1. The summed E-state index contributed by atoms with van der Waals surface area (Å²) in [6.45, 7) is 4.34. The van der Waals surface area contributed by atoms with Crippen molar-refractivity contribution in [2.24, 2.45) is 0 Å². The molecule has 2 heterocycles. The Hall–Kier alpha value is -1.95. The Kier molecular flexibility index (Phi) is 2.52. The second kappa shape index (κ2) is 4.06. The van der Waals surface area contributed by atoms with Gasteiger partial charge in [-0.15, -0.1) is 0 Å². The highest BCUT2D eigenvalue weighted by Gasteiger charge is 2.10. The molecule has 0 spiro atoms. The summed E-state index contributed by atoms with van der Waals surface area (Å²) in [5, 5.41) is 3.78. The van der Waals surface area contributed by atoms with Crippen LogP contribution < -0.4 is 0 Å². The Morgan fingerprint density at radius 2 is 2.22 bits per heavy atom. The van der Waals surface area contributed by atoms with E-state index in [0.717, 1.165) is 11.0 Å². The van der Waals surface area contributed by atoms with E-state index in [4.69, 9.17) is 16.7 Å². The number of hydrogen-bond acceptors (Lipinski definition) is 4. The normalized spacial score (nSPS) is 11.2. The molecule has 1 aromatic carbocycles. The standard InChI is InChI=1S/C12H12N4OS/c1-7-4-3-5-9-11(7)14-12(18)16(9)6-10-13-8(2)15-17-10/h3-5H,6H2,1-2H3,(H,14,18). The van der Waals surface area contributed by atoms with E-state index in [-0.39, 0.29) is 0 Å².